The van der Waals surface area contributed by atoms with Crippen LogP contribution in [0.5, 0.6) is 0 Å². The molecule has 2 heteroatoms. The normalized spacial score (nSPS) is 28.8. The van der Waals surface area contributed by atoms with Crippen molar-refractivity contribution in [1.29, 1.82) is 0 Å². The Bertz CT molecular complexity index is 253. The molecule has 0 radical (unpaired) electrons. The van der Waals surface area contributed by atoms with E-state index < -0.39 is 0 Å². The van der Waals surface area contributed by atoms with Crippen molar-refractivity contribution in [3.8, 4) is 0 Å². The third-order valence-corrected chi connectivity index (χ3v) is 2.67. The number of hydrogen-bond acceptors (Lipinski definition) is 2. The number of hydrogen-bond donors (Lipinski definition) is 0. The fraction of sp³-hybridized carbons (Fsp3) is 0.643. The molecule has 0 saturated heterocycles. The van der Waals surface area contributed by atoms with Crippen molar-refractivity contribution in [3.63, 3.8) is 0 Å². The number of carbonyl (C=O) groups is 1. The van der Waals surface area contributed by atoms with Crippen molar-refractivity contribution in [3.05, 3.63) is 24.3 Å². The van der Waals surface area contributed by atoms with Gasteiger partial charge in [0.05, 0.1) is 6.10 Å². The van der Waals surface area contributed by atoms with Crippen molar-refractivity contribution in [2.75, 3.05) is 0 Å². The molecule has 1 heterocycles. The molecule has 0 unspecified atom stereocenters. The summed E-state index contributed by atoms with van der Waals surface area (Å²) in [6, 6.07) is 0. The SMILES string of the molecule is C[C@H]1CCC/C=C\C/C=C\CCCC(=O)O1. The first-order chi connectivity index (χ1) is 7.79. The van der Waals surface area contributed by atoms with Crippen LogP contribution in [0.1, 0.15) is 51.9 Å². The second-order valence-corrected chi connectivity index (χ2v) is 4.30. The van der Waals surface area contributed by atoms with E-state index in [1.54, 1.807) is 0 Å². The van der Waals surface area contributed by atoms with Crippen LogP contribution >= 0.6 is 0 Å². The summed E-state index contributed by atoms with van der Waals surface area (Å²) in [6.07, 6.45) is 15.4. The van der Waals surface area contributed by atoms with Gasteiger partial charge in [0, 0.05) is 6.42 Å². The molecule has 0 aromatic carbocycles. The summed E-state index contributed by atoms with van der Waals surface area (Å²) in [4.78, 5) is 11.4. The predicted molar refractivity (Wildman–Crippen MR) is 66.2 cm³/mol. The average molecular weight is 222 g/mol. The summed E-state index contributed by atoms with van der Waals surface area (Å²) < 4.78 is 5.31. The molecule has 1 atom stereocenters. The Morgan fingerprint density at radius 3 is 2.56 bits per heavy atom. The molecule has 0 aromatic heterocycles. The van der Waals surface area contributed by atoms with E-state index in [1.165, 1.54) is 0 Å². The minimum absolute atomic E-state index is 0.0477. The van der Waals surface area contributed by atoms with Gasteiger partial charge in [-0.25, -0.2) is 0 Å². The number of carbonyl (C=O) groups excluding carboxylic acids is 1. The number of rotatable bonds is 0. The quantitative estimate of drug-likeness (QED) is 0.460. The highest BCUT2D eigenvalue weighted by atomic mass is 16.5. The van der Waals surface area contributed by atoms with Crippen molar-refractivity contribution in [2.24, 2.45) is 0 Å². The molecule has 0 saturated carbocycles. The molecule has 0 amide bonds. The van der Waals surface area contributed by atoms with Crippen molar-refractivity contribution >= 4 is 5.97 Å². The summed E-state index contributed by atoms with van der Waals surface area (Å²) in [5.41, 5.74) is 0. The molecule has 0 bridgehead atoms. The fourth-order valence-electron chi connectivity index (χ4n) is 1.74. The van der Waals surface area contributed by atoms with E-state index in [-0.39, 0.29) is 12.1 Å². The Balaban J connectivity index is 2.38. The Morgan fingerprint density at radius 2 is 1.81 bits per heavy atom. The molecule has 90 valence electrons. The first-order valence-electron chi connectivity index (χ1n) is 6.28. The maximum atomic E-state index is 11.4. The van der Waals surface area contributed by atoms with Crippen molar-refractivity contribution in [1.82, 2.24) is 0 Å². The van der Waals surface area contributed by atoms with Crippen LogP contribution in [0.3, 0.4) is 0 Å². The van der Waals surface area contributed by atoms with Gasteiger partial charge in [0.25, 0.3) is 0 Å². The van der Waals surface area contributed by atoms with Crippen LogP contribution in [0.25, 0.3) is 0 Å². The van der Waals surface area contributed by atoms with E-state index >= 15 is 0 Å². The second kappa shape index (κ2) is 8.14. The second-order valence-electron chi connectivity index (χ2n) is 4.30. The van der Waals surface area contributed by atoms with Gasteiger partial charge in [0.2, 0.25) is 0 Å². The molecule has 0 fully saturated rings. The monoisotopic (exact) mass is 222 g/mol. The van der Waals surface area contributed by atoms with Crippen LogP contribution in [0.2, 0.25) is 0 Å². The highest BCUT2D eigenvalue weighted by Gasteiger charge is 2.08. The Hall–Kier alpha value is -1.05. The molecule has 1 rings (SSSR count). The fourth-order valence-corrected chi connectivity index (χ4v) is 1.74. The summed E-state index contributed by atoms with van der Waals surface area (Å²) in [6.45, 7) is 1.98. The topological polar surface area (TPSA) is 26.3 Å². The number of allylic oxidation sites excluding steroid dienone is 4. The molecule has 0 aromatic rings. The molecular weight excluding hydrogens is 200 g/mol. The standard InChI is InChI=1S/C14H22O2/c1-13-11-9-7-5-3-2-4-6-8-10-12-14(15)16-13/h3-6,13H,2,7-12H2,1H3/b5-3-,6-4-/t13-/m0/s1. The van der Waals surface area contributed by atoms with Gasteiger partial charge in [-0.3, -0.25) is 4.79 Å². The van der Waals surface area contributed by atoms with E-state index in [4.69, 9.17) is 4.74 Å². The third kappa shape index (κ3) is 6.44. The molecular formula is C14H22O2. The van der Waals surface area contributed by atoms with Gasteiger partial charge >= 0.3 is 5.97 Å². The maximum Gasteiger partial charge on any atom is 0.306 e. The van der Waals surface area contributed by atoms with Crippen molar-refractivity contribution < 1.29 is 9.53 Å². The molecule has 0 aliphatic carbocycles. The number of cyclic esters (lactones) is 1. The maximum absolute atomic E-state index is 11.4. The lowest BCUT2D eigenvalue weighted by atomic mass is 10.1. The molecule has 2 nitrogen and oxygen atoms in total. The zero-order valence-corrected chi connectivity index (χ0v) is 10.2. The number of esters is 1. The van der Waals surface area contributed by atoms with Crippen LogP contribution in [0, 0.1) is 0 Å². The minimum Gasteiger partial charge on any atom is -0.463 e. The van der Waals surface area contributed by atoms with E-state index in [9.17, 15) is 4.79 Å². The van der Waals surface area contributed by atoms with Gasteiger partial charge in [-0.2, -0.15) is 0 Å². The lowest BCUT2D eigenvalue weighted by molar-refractivity contribution is -0.148. The third-order valence-electron chi connectivity index (χ3n) is 2.67. The Kier molecular flexibility index (Phi) is 6.62. The Morgan fingerprint density at radius 1 is 1.12 bits per heavy atom. The molecule has 16 heavy (non-hydrogen) atoms. The van der Waals surface area contributed by atoms with Gasteiger partial charge in [-0.05, 0) is 45.4 Å². The largest absolute Gasteiger partial charge is 0.463 e. The van der Waals surface area contributed by atoms with E-state index in [1.807, 2.05) is 6.92 Å². The van der Waals surface area contributed by atoms with Crippen molar-refractivity contribution in [2.45, 2.75) is 58.0 Å². The summed E-state index contributed by atoms with van der Waals surface area (Å²) >= 11 is 0. The van der Waals surface area contributed by atoms with Gasteiger partial charge in [-0.15, -0.1) is 0 Å². The van der Waals surface area contributed by atoms with Gasteiger partial charge in [0.1, 0.15) is 0 Å². The average Bonchev–Trinajstić information content (AvgIpc) is 2.25. The van der Waals surface area contributed by atoms with Crippen LogP contribution in [-0.4, -0.2) is 12.1 Å². The minimum atomic E-state index is -0.0477. The van der Waals surface area contributed by atoms with Gasteiger partial charge < -0.3 is 4.74 Å². The first-order valence-corrected chi connectivity index (χ1v) is 6.28. The summed E-state index contributed by atoms with van der Waals surface area (Å²) in [5, 5.41) is 0. The highest BCUT2D eigenvalue weighted by molar-refractivity contribution is 5.69. The van der Waals surface area contributed by atoms with Gasteiger partial charge in [-0.1, -0.05) is 24.3 Å². The van der Waals surface area contributed by atoms with E-state index in [0.29, 0.717) is 6.42 Å². The Labute approximate surface area is 98.4 Å². The molecule has 0 spiro atoms. The van der Waals surface area contributed by atoms with Crippen LogP contribution in [0.15, 0.2) is 24.3 Å². The van der Waals surface area contributed by atoms with Gasteiger partial charge in [0.15, 0.2) is 0 Å². The van der Waals surface area contributed by atoms with E-state index in [2.05, 4.69) is 24.3 Å². The van der Waals surface area contributed by atoms with Crippen LogP contribution in [-0.2, 0) is 9.53 Å². The first kappa shape index (κ1) is 13.0. The summed E-state index contributed by atoms with van der Waals surface area (Å²) in [7, 11) is 0. The smallest absolute Gasteiger partial charge is 0.306 e. The lowest BCUT2D eigenvalue weighted by Crippen LogP contribution is -2.14. The zero-order chi connectivity index (χ0) is 11.6. The predicted octanol–water partition coefficient (Wildman–Crippen LogP) is 3.77. The molecule has 1 aliphatic rings. The molecule has 1 aliphatic heterocycles. The summed E-state index contributed by atoms with van der Waals surface area (Å²) in [5.74, 6) is -0.0477. The van der Waals surface area contributed by atoms with Crippen LogP contribution in [0.4, 0.5) is 0 Å². The van der Waals surface area contributed by atoms with E-state index in [0.717, 1.165) is 38.5 Å². The van der Waals surface area contributed by atoms with Crippen LogP contribution < -0.4 is 0 Å². The highest BCUT2D eigenvalue weighted by Crippen LogP contribution is 2.09. The lowest BCUT2D eigenvalue weighted by Gasteiger charge is -2.12. The number of ether oxygens (including phenoxy) is 1. The molecule has 0 N–H and O–H groups in total. The zero-order valence-electron chi connectivity index (χ0n) is 10.2.